The van der Waals surface area contributed by atoms with E-state index in [1.54, 1.807) is 6.07 Å². The van der Waals surface area contributed by atoms with Crippen molar-refractivity contribution in [3.05, 3.63) is 74.6 Å². The number of hydrogen-bond acceptors (Lipinski definition) is 5. The van der Waals surface area contributed by atoms with Crippen LogP contribution in [0.5, 0.6) is 0 Å². The van der Waals surface area contributed by atoms with E-state index in [1.165, 1.54) is 24.3 Å². The molecular weight excluding hydrogens is 331 g/mol. The topological polar surface area (TPSA) is 118 Å². The number of benzene rings is 2. The lowest BCUT2D eigenvalue weighted by Gasteiger charge is -2.07. The van der Waals surface area contributed by atoms with Gasteiger partial charge in [-0.2, -0.15) is 0 Å². The number of aromatic nitrogens is 2. The van der Waals surface area contributed by atoms with E-state index in [2.05, 4.69) is 15.3 Å². The zero-order chi connectivity index (χ0) is 18.0. The second-order valence-electron chi connectivity index (χ2n) is 5.23. The Morgan fingerprint density at radius 1 is 1.32 bits per heavy atom. The van der Waals surface area contributed by atoms with Crippen molar-refractivity contribution in [2.75, 3.05) is 5.32 Å². The molecule has 0 atom stereocenters. The summed E-state index contributed by atoms with van der Waals surface area (Å²) < 4.78 is 14.1. The van der Waals surface area contributed by atoms with Gasteiger partial charge in [0.15, 0.2) is 0 Å². The highest BCUT2D eigenvalue weighted by molar-refractivity contribution is 5.94. The normalized spacial score (nSPS) is 10.6. The zero-order valence-corrected chi connectivity index (χ0v) is 12.7. The molecule has 0 saturated carbocycles. The van der Waals surface area contributed by atoms with Crippen LogP contribution in [0.4, 0.5) is 15.8 Å². The molecule has 0 saturated heterocycles. The lowest BCUT2D eigenvalue weighted by molar-refractivity contribution is -0.384. The van der Waals surface area contributed by atoms with E-state index >= 15 is 0 Å². The summed E-state index contributed by atoms with van der Waals surface area (Å²) in [6.07, 6.45) is 0.979. The van der Waals surface area contributed by atoms with E-state index in [-0.39, 0.29) is 28.7 Å². The number of amides is 1. The second kappa shape index (κ2) is 6.48. The van der Waals surface area contributed by atoms with Gasteiger partial charge in [0, 0.05) is 18.2 Å². The zero-order valence-electron chi connectivity index (χ0n) is 12.7. The highest BCUT2D eigenvalue weighted by Gasteiger charge is 2.13. The van der Waals surface area contributed by atoms with Crippen LogP contribution in [0, 0.1) is 15.9 Å². The van der Waals surface area contributed by atoms with E-state index in [1.807, 2.05) is 0 Å². The molecule has 9 heteroatoms. The summed E-state index contributed by atoms with van der Waals surface area (Å²) in [7, 11) is 0. The molecule has 0 radical (unpaired) electrons. The molecule has 126 valence electrons. The molecule has 1 heterocycles. The third kappa shape index (κ3) is 3.50. The predicted molar refractivity (Wildman–Crippen MR) is 87.8 cm³/mol. The fourth-order valence-electron chi connectivity index (χ4n) is 2.35. The van der Waals surface area contributed by atoms with Crippen LogP contribution in [0.25, 0.3) is 10.9 Å². The number of nitro benzene ring substituents is 1. The number of carbonyl (C=O) groups excluding carboxylic acids is 1. The summed E-state index contributed by atoms with van der Waals surface area (Å²) in [5.41, 5.74) is -0.189. The van der Waals surface area contributed by atoms with Crippen LogP contribution >= 0.6 is 0 Å². The van der Waals surface area contributed by atoms with Crippen LogP contribution in [0.2, 0.25) is 0 Å². The summed E-state index contributed by atoms with van der Waals surface area (Å²) in [6, 6.07) is 7.84. The fourth-order valence-corrected chi connectivity index (χ4v) is 2.35. The minimum Gasteiger partial charge on any atom is -0.323 e. The summed E-state index contributed by atoms with van der Waals surface area (Å²) in [6.45, 7) is 0. The van der Waals surface area contributed by atoms with Gasteiger partial charge in [-0.15, -0.1) is 0 Å². The number of hydrogen-bond donors (Lipinski definition) is 2. The molecule has 1 aromatic heterocycles. The molecular formula is C16H11FN4O4. The molecule has 2 N–H and O–H groups in total. The van der Waals surface area contributed by atoms with Crippen molar-refractivity contribution in [2.24, 2.45) is 0 Å². The third-order valence-electron chi connectivity index (χ3n) is 3.49. The second-order valence-corrected chi connectivity index (χ2v) is 5.23. The molecule has 25 heavy (non-hydrogen) atoms. The van der Waals surface area contributed by atoms with Gasteiger partial charge in [0.05, 0.1) is 34.3 Å². The Morgan fingerprint density at radius 3 is 2.88 bits per heavy atom. The molecule has 1 amide bonds. The quantitative estimate of drug-likeness (QED) is 0.556. The molecule has 3 rings (SSSR count). The molecule has 0 aliphatic rings. The molecule has 8 nitrogen and oxygen atoms in total. The molecule has 2 aromatic carbocycles. The van der Waals surface area contributed by atoms with Gasteiger partial charge in [-0.05, 0) is 11.6 Å². The first kappa shape index (κ1) is 16.2. The highest BCUT2D eigenvalue weighted by atomic mass is 19.1. The number of nitrogens with zero attached hydrogens (tertiary/aromatic N) is 2. The number of H-pyrrole nitrogens is 1. The average molecular weight is 342 g/mol. The van der Waals surface area contributed by atoms with E-state index in [9.17, 15) is 24.1 Å². The maximum Gasteiger partial charge on any atom is 0.269 e. The Balaban J connectivity index is 1.83. The number of halogens is 1. The fraction of sp³-hybridized carbons (Fsp3) is 0.0625. The lowest BCUT2D eigenvalue weighted by Crippen LogP contribution is -2.16. The molecule has 3 aromatic rings. The Hall–Kier alpha value is -3.62. The van der Waals surface area contributed by atoms with Gasteiger partial charge in [-0.1, -0.05) is 12.1 Å². The number of nitro groups is 1. The van der Waals surface area contributed by atoms with Crippen LogP contribution in [0.1, 0.15) is 5.56 Å². The van der Waals surface area contributed by atoms with E-state index < -0.39 is 22.2 Å². The van der Waals surface area contributed by atoms with Crippen molar-refractivity contribution in [1.82, 2.24) is 9.97 Å². The van der Waals surface area contributed by atoms with Crippen LogP contribution in [-0.4, -0.2) is 20.8 Å². The molecule has 0 bridgehead atoms. The number of fused-ring (bicyclic) bond motifs is 1. The van der Waals surface area contributed by atoms with E-state index in [4.69, 9.17) is 0 Å². The first-order valence-electron chi connectivity index (χ1n) is 7.14. The first-order chi connectivity index (χ1) is 11.9. The Bertz CT molecular complexity index is 1050. The minimum atomic E-state index is -0.738. The first-order valence-corrected chi connectivity index (χ1v) is 7.14. The number of nitrogens with one attached hydrogen (secondary N) is 2. The predicted octanol–water partition coefficient (Wildman–Crippen LogP) is 2.15. The SMILES string of the molecule is O=C(Cc1cccc([N+](=O)[O-])c1)Nc1cc2c(=O)[nH]cnc2cc1F. The molecule has 0 aliphatic carbocycles. The number of non-ortho nitro benzene ring substituents is 1. The summed E-state index contributed by atoms with van der Waals surface area (Å²) >= 11 is 0. The van der Waals surface area contributed by atoms with Gasteiger partial charge >= 0.3 is 0 Å². The number of anilines is 1. The van der Waals surface area contributed by atoms with Crippen LogP contribution in [0.3, 0.4) is 0 Å². The van der Waals surface area contributed by atoms with Crippen molar-refractivity contribution < 1.29 is 14.1 Å². The third-order valence-corrected chi connectivity index (χ3v) is 3.49. The highest BCUT2D eigenvalue weighted by Crippen LogP contribution is 2.20. The van der Waals surface area contributed by atoms with Gasteiger partial charge in [0.2, 0.25) is 5.91 Å². The maximum absolute atomic E-state index is 14.1. The van der Waals surface area contributed by atoms with Crippen molar-refractivity contribution in [2.45, 2.75) is 6.42 Å². The van der Waals surface area contributed by atoms with Gasteiger partial charge in [0.1, 0.15) is 5.82 Å². The molecule has 0 spiro atoms. The lowest BCUT2D eigenvalue weighted by atomic mass is 10.1. The van der Waals surface area contributed by atoms with Gasteiger partial charge in [-0.3, -0.25) is 19.7 Å². The largest absolute Gasteiger partial charge is 0.323 e. The number of carbonyl (C=O) groups is 1. The minimum absolute atomic E-state index is 0.134. The van der Waals surface area contributed by atoms with Crippen molar-refractivity contribution in [3.63, 3.8) is 0 Å². The summed E-state index contributed by atoms with van der Waals surface area (Å²) in [4.78, 5) is 40.2. The van der Waals surface area contributed by atoms with Crippen molar-refractivity contribution >= 4 is 28.2 Å². The molecule has 0 fully saturated rings. The summed E-state index contributed by atoms with van der Waals surface area (Å²) in [5.74, 6) is -1.31. The van der Waals surface area contributed by atoms with Crippen LogP contribution in [-0.2, 0) is 11.2 Å². The Labute approximate surface area is 139 Å². The average Bonchev–Trinajstić information content (AvgIpc) is 2.56. The van der Waals surface area contributed by atoms with Crippen molar-refractivity contribution in [1.29, 1.82) is 0 Å². The smallest absolute Gasteiger partial charge is 0.269 e. The molecule has 0 aliphatic heterocycles. The van der Waals surface area contributed by atoms with Crippen LogP contribution in [0.15, 0.2) is 47.5 Å². The Morgan fingerprint density at radius 2 is 2.12 bits per heavy atom. The number of rotatable bonds is 4. The van der Waals surface area contributed by atoms with Gasteiger partial charge < -0.3 is 10.3 Å². The van der Waals surface area contributed by atoms with E-state index in [0.29, 0.717) is 5.56 Å². The molecule has 0 unspecified atom stereocenters. The van der Waals surface area contributed by atoms with Gasteiger partial charge in [0.25, 0.3) is 11.2 Å². The van der Waals surface area contributed by atoms with Crippen molar-refractivity contribution in [3.8, 4) is 0 Å². The van der Waals surface area contributed by atoms with Crippen LogP contribution < -0.4 is 10.9 Å². The number of aromatic amines is 1. The Kier molecular flexibility index (Phi) is 4.21. The standard InChI is InChI=1S/C16H11FN4O4/c17-12-7-13-11(16(23)19-8-18-13)6-14(12)20-15(22)5-9-2-1-3-10(4-9)21(24)25/h1-4,6-8H,5H2,(H,20,22)(H,18,19,23). The van der Waals surface area contributed by atoms with E-state index in [0.717, 1.165) is 12.4 Å². The summed E-state index contributed by atoms with van der Waals surface area (Å²) in [5, 5.41) is 13.2. The maximum atomic E-state index is 14.1. The monoisotopic (exact) mass is 342 g/mol. The van der Waals surface area contributed by atoms with Gasteiger partial charge in [-0.25, -0.2) is 9.37 Å².